The first kappa shape index (κ1) is 10.2. The molecule has 0 amide bonds. The summed E-state index contributed by atoms with van der Waals surface area (Å²) in [6.07, 6.45) is 0.899. The second-order valence-electron chi connectivity index (χ2n) is 2.99. The molecular formula is C10H12ClNO. The third-order valence-corrected chi connectivity index (χ3v) is 2.00. The lowest BCUT2D eigenvalue weighted by atomic mass is 10.2. The molecule has 0 spiro atoms. The van der Waals surface area contributed by atoms with Crippen LogP contribution < -0.4 is 0 Å². The van der Waals surface area contributed by atoms with E-state index in [0.717, 1.165) is 23.4 Å². The van der Waals surface area contributed by atoms with Crippen LogP contribution in [-0.2, 0) is 11.3 Å². The smallest absolute Gasteiger partial charge is 0.133 e. The predicted octanol–water partition coefficient (Wildman–Crippen LogP) is 1.97. The van der Waals surface area contributed by atoms with Crippen molar-refractivity contribution >= 4 is 17.9 Å². The van der Waals surface area contributed by atoms with E-state index in [0.29, 0.717) is 6.54 Å². The quantitative estimate of drug-likeness (QED) is 0.688. The zero-order valence-corrected chi connectivity index (χ0v) is 8.29. The molecule has 0 heterocycles. The molecule has 0 atom stereocenters. The lowest BCUT2D eigenvalue weighted by Crippen LogP contribution is -2.19. The third kappa shape index (κ3) is 3.57. The number of nitrogens with zero attached hydrogens (tertiary/aromatic N) is 1. The summed E-state index contributed by atoms with van der Waals surface area (Å²) < 4.78 is 0. The molecule has 0 saturated heterocycles. The van der Waals surface area contributed by atoms with Crippen LogP contribution in [0.15, 0.2) is 24.3 Å². The summed E-state index contributed by atoms with van der Waals surface area (Å²) in [5, 5.41) is 0.738. The Morgan fingerprint density at radius 1 is 1.38 bits per heavy atom. The Hall–Kier alpha value is -0.860. The van der Waals surface area contributed by atoms with E-state index in [4.69, 9.17) is 11.6 Å². The fourth-order valence-electron chi connectivity index (χ4n) is 1.09. The zero-order valence-electron chi connectivity index (χ0n) is 7.53. The van der Waals surface area contributed by atoms with E-state index >= 15 is 0 Å². The van der Waals surface area contributed by atoms with Gasteiger partial charge in [-0.25, -0.2) is 0 Å². The number of aldehydes is 1. The Balaban J connectivity index is 2.53. The summed E-state index contributed by atoms with van der Waals surface area (Å²) in [5.41, 5.74) is 1.16. The summed E-state index contributed by atoms with van der Waals surface area (Å²) in [5.74, 6) is 0. The van der Waals surface area contributed by atoms with Crippen molar-refractivity contribution in [2.24, 2.45) is 0 Å². The van der Waals surface area contributed by atoms with E-state index in [1.54, 1.807) is 0 Å². The highest BCUT2D eigenvalue weighted by molar-refractivity contribution is 6.30. The molecule has 2 nitrogen and oxygen atoms in total. The lowest BCUT2D eigenvalue weighted by molar-refractivity contribution is -0.108. The van der Waals surface area contributed by atoms with Crippen molar-refractivity contribution in [1.82, 2.24) is 4.90 Å². The summed E-state index contributed by atoms with van der Waals surface area (Å²) in [6.45, 7) is 1.23. The molecule has 1 rings (SSSR count). The minimum absolute atomic E-state index is 0.461. The van der Waals surface area contributed by atoms with E-state index in [1.807, 2.05) is 36.2 Å². The zero-order chi connectivity index (χ0) is 9.68. The Morgan fingerprint density at radius 3 is 2.54 bits per heavy atom. The van der Waals surface area contributed by atoms with Crippen LogP contribution in [0, 0.1) is 0 Å². The van der Waals surface area contributed by atoms with Crippen LogP contribution in [0.25, 0.3) is 0 Å². The lowest BCUT2D eigenvalue weighted by Gasteiger charge is -2.12. The van der Waals surface area contributed by atoms with Crippen molar-refractivity contribution in [3.05, 3.63) is 34.9 Å². The molecule has 0 aliphatic heterocycles. The fraction of sp³-hybridized carbons (Fsp3) is 0.300. The number of hydrogen-bond donors (Lipinski definition) is 0. The van der Waals surface area contributed by atoms with Crippen LogP contribution in [0.3, 0.4) is 0 Å². The monoisotopic (exact) mass is 197 g/mol. The van der Waals surface area contributed by atoms with Crippen LogP contribution in [0.1, 0.15) is 5.56 Å². The minimum Gasteiger partial charge on any atom is -0.302 e. The SMILES string of the molecule is CN(CC=O)Cc1ccc(Cl)cc1. The number of hydrogen-bond acceptors (Lipinski definition) is 2. The van der Waals surface area contributed by atoms with Gasteiger partial charge in [0, 0.05) is 11.6 Å². The Kier molecular flexibility index (Phi) is 3.93. The standard InChI is InChI=1S/C10H12ClNO/c1-12(6-7-13)8-9-2-4-10(11)5-3-9/h2-5,7H,6,8H2,1H3. The molecule has 0 N–H and O–H groups in total. The van der Waals surface area contributed by atoms with Crippen molar-refractivity contribution in [2.75, 3.05) is 13.6 Å². The largest absolute Gasteiger partial charge is 0.302 e. The van der Waals surface area contributed by atoms with Crippen molar-refractivity contribution < 1.29 is 4.79 Å². The predicted molar refractivity (Wildman–Crippen MR) is 53.9 cm³/mol. The van der Waals surface area contributed by atoms with Gasteiger partial charge >= 0.3 is 0 Å². The molecule has 1 aromatic carbocycles. The highest BCUT2D eigenvalue weighted by Crippen LogP contribution is 2.10. The molecule has 0 radical (unpaired) electrons. The van der Waals surface area contributed by atoms with Crippen LogP contribution in [0.2, 0.25) is 5.02 Å². The highest BCUT2D eigenvalue weighted by Gasteiger charge is 1.98. The Bertz CT molecular complexity index is 271. The minimum atomic E-state index is 0.461. The van der Waals surface area contributed by atoms with E-state index in [9.17, 15) is 4.79 Å². The number of carbonyl (C=O) groups excluding carboxylic acids is 1. The van der Waals surface area contributed by atoms with Crippen molar-refractivity contribution in [3.63, 3.8) is 0 Å². The van der Waals surface area contributed by atoms with Gasteiger partial charge in [0.2, 0.25) is 0 Å². The van der Waals surface area contributed by atoms with E-state index in [2.05, 4.69) is 0 Å². The number of likely N-dealkylation sites (N-methyl/N-ethyl adjacent to an activating group) is 1. The first-order chi connectivity index (χ1) is 6.22. The van der Waals surface area contributed by atoms with Crippen LogP contribution in [-0.4, -0.2) is 24.8 Å². The third-order valence-electron chi connectivity index (χ3n) is 1.75. The molecule has 13 heavy (non-hydrogen) atoms. The maximum atomic E-state index is 10.2. The van der Waals surface area contributed by atoms with Gasteiger partial charge in [-0.1, -0.05) is 23.7 Å². The molecule has 0 unspecified atom stereocenters. The number of benzene rings is 1. The van der Waals surface area contributed by atoms with Gasteiger partial charge in [-0.15, -0.1) is 0 Å². The second-order valence-corrected chi connectivity index (χ2v) is 3.43. The first-order valence-electron chi connectivity index (χ1n) is 4.09. The molecule has 1 aromatic rings. The van der Waals surface area contributed by atoms with Gasteiger partial charge < -0.3 is 4.79 Å². The molecular weight excluding hydrogens is 186 g/mol. The second kappa shape index (κ2) is 5.00. The molecule has 70 valence electrons. The molecule has 3 heteroatoms. The van der Waals surface area contributed by atoms with E-state index in [-0.39, 0.29) is 0 Å². The summed E-state index contributed by atoms with van der Waals surface area (Å²) >= 11 is 5.74. The maximum absolute atomic E-state index is 10.2. The van der Waals surface area contributed by atoms with Gasteiger partial charge in [-0.2, -0.15) is 0 Å². The average molecular weight is 198 g/mol. The van der Waals surface area contributed by atoms with Gasteiger partial charge in [0.1, 0.15) is 6.29 Å². The summed E-state index contributed by atoms with van der Waals surface area (Å²) in [7, 11) is 1.91. The molecule has 0 bridgehead atoms. The number of halogens is 1. The van der Waals surface area contributed by atoms with Crippen molar-refractivity contribution in [2.45, 2.75) is 6.54 Å². The molecule has 0 saturated carbocycles. The van der Waals surface area contributed by atoms with Gasteiger partial charge in [-0.05, 0) is 24.7 Å². The first-order valence-corrected chi connectivity index (χ1v) is 4.47. The summed E-state index contributed by atoms with van der Waals surface area (Å²) in [6, 6.07) is 7.63. The molecule has 0 aromatic heterocycles. The number of carbonyl (C=O) groups is 1. The van der Waals surface area contributed by atoms with E-state index < -0.39 is 0 Å². The topological polar surface area (TPSA) is 20.3 Å². The molecule has 0 fully saturated rings. The maximum Gasteiger partial charge on any atom is 0.133 e. The van der Waals surface area contributed by atoms with Crippen LogP contribution in [0.5, 0.6) is 0 Å². The fourth-order valence-corrected chi connectivity index (χ4v) is 1.22. The van der Waals surface area contributed by atoms with Crippen molar-refractivity contribution in [1.29, 1.82) is 0 Å². The van der Waals surface area contributed by atoms with Crippen LogP contribution >= 0.6 is 11.6 Å². The van der Waals surface area contributed by atoms with Gasteiger partial charge in [0.05, 0.1) is 6.54 Å². The Labute approximate surface area is 83.1 Å². The highest BCUT2D eigenvalue weighted by atomic mass is 35.5. The van der Waals surface area contributed by atoms with Crippen molar-refractivity contribution in [3.8, 4) is 0 Å². The Morgan fingerprint density at radius 2 is 2.00 bits per heavy atom. The molecule has 0 aliphatic carbocycles. The van der Waals surface area contributed by atoms with E-state index in [1.165, 1.54) is 0 Å². The molecule has 0 aliphatic rings. The van der Waals surface area contributed by atoms with Gasteiger partial charge in [0.15, 0.2) is 0 Å². The number of rotatable bonds is 4. The van der Waals surface area contributed by atoms with Gasteiger partial charge in [0.25, 0.3) is 0 Å². The van der Waals surface area contributed by atoms with Gasteiger partial charge in [-0.3, -0.25) is 4.90 Å². The summed E-state index contributed by atoms with van der Waals surface area (Å²) in [4.78, 5) is 12.1. The average Bonchev–Trinajstić information content (AvgIpc) is 2.09. The normalized spacial score (nSPS) is 10.4. The van der Waals surface area contributed by atoms with Crippen LogP contribution in [0.4, 0.5) is 0 Å².